The minimum atomic E-state index is -3.69. The molecule has 0 aliphatic carbocycles. The molecule has 0 aromatic heterocycles. The number of benzene rings is 2. The summed E-state index contributed by atoms with van der Waals surface area (Å²) in [5.74, 6) is -0.500. The number of nitrogens with zero attached hydrogens (tertiary/aromatic N) is 2. The van der Waals surface area contributed by atoms with Crippen molar-refractivity contribution in [2.75, 3.05) is 17.1 Å². The van der Waals surface area contributed by atoms with Crippen LogP contribution in [0.2, 0.25) is 15.1 Å². The number of sulfonamides is 1. The minimum Gasteiger partial charge on any atom is -0.352 e. The van der Waals surface area contributed by atoms with Crippen LogP contribution < -0.4 is 9.62 Å². The molecule has 0 aliphatic heterocycles. The summed E-state index contributed by atoms with van der Waals surface area (Å²) in [4.78, 5) is 27.8. The molecule has 0 radical (unpaired) electrons. The summed E-state index contributed by atoms with van der Waals surface area (Å²) >= 11 is 18.3. The van der Waals surface area contributed by atoms with Gasteiger partial charge in [-0.2, -0.15) is 0 Å². The zero-order chi connectivity index (χ0) is 27.0. The number of nitrogens with one attached hydrogen (secondary N) is 1. The Morgan fingerprint density at radius 1 is 1.00 bits per heavy atom. The summed E-state index contributed by atoms with van der Waals surface area (Å²) in [6.07, 6.45) is 1.74. The largest absolute Gasteiger partial charge is 0.352 e. The lowest BCUT2D eigenvalue weighted by molar-refractivity contribution is -0.141. The summed E-state index contributed by atoms with van der Waals surface area (Å²) in [5, 5.41) is 4.03. The Balaban J connectivity index is 2.24. The molecule has 11 heteroatoms. The normalized spacial score (nSPS) is 12.3. The fourth-order valence-corrected chi connectivity index (χ4v) is 5.28. The lowest BCUT2D eigenvalue weighted by atomic mass is 10.1. The molecule has 2 aromatic rings. The summed E-state index contributed by atoms with van der Waals surface area (Å²) < 4.78 is 26.1. The Hall–Kier alpha value is -2.00. The lowest BCUT2D eigenvalue weighted by Crippen LogP contribution is -2.50. The average Bonchev–Trinajstić information content (AvgIpc) is 2.78. The van der Waals surface area contributed by atoms with Gasteiger partial charge >= 0.3 is 0 Å². The van der Waals surface area contributed by atoms with E-state index in [1.165, 1.54) is 17.0 Å². The molecule has 0 saturated carbocycles. The average molecular weight is 577 g/mol. The van der Waals surface area contributed by atoms with Gasteiger partial charge in [-0.3, -0.25) is 13.9 Å². The van der Waals surface area contributed by atoms with E-state index in [1.807, 2.05) is 32.9 Å². The molecular weight excluding hydrogens is 545 g/mol. The first-order chi connectivity index (χ1) is 16.8. The standard InChI is InChI=1S/C25H32Cl3N3O4S/c1-5-22(25(33)29-17(2)3)30(16-18-8-10-19(26)11-9-18)24(32)7-6-14-31(36(4,34)35)23-15-20(27)12-13-21(23)28/h8-13,15,17,22H,5-7,14,16H2,1-4H3,(H,29,33)/t22-/m1/s1. The Bertz CT molecular complexity index is 1160. The van der Waals surface area contributed by atoms with Gasteiger partial charge in [0.2, 0.25) is 21.8 Å². The highest BCUT2D eigenvalue weighted by molar-refractivity contribution is 7.92. The van der Waals surface area contributed by atoms with Crippen LogP contribution in [0.5, 0.6) is 0 Å². The molecule has 2 amide bonds. The third-order valence-corrected chi connectivity index (χ3v) is 7.40. The van der Waals surface area contributed by atoms with E-state index in [2.05, 4.69) is 5.32 Å². The third kappa shape index (κ3) is 8.83. The van der Waals surface area contributed by atoms with Gasteiger partial charge in [0, 0.05) is 35.6 Å². The maximum atomic E-state index is 13.4. The lowest BCUT2D eigenvalue weighted by Gasteiger charge is -2.31. The van der Waals surface area contributed by atoms with E-state index in [-0.39, 0.29) is 54.5 Å². The van der Waals surface area contributed by atoms with E-state index < -0.39 is 16.1 Å². The Morgan fingerprint density at radius 2 is 1.61 bits per heavy atom. The van der Waals surface area contributed by atoms with Gasteiger partial charge in [0.15, 0.2) is 0 Å². The van der Waals surface area contributed by atoms with E-state index in [9.17, 15) is 18.0 Å². The van der Waals surface area contributed by atoms with E-state index in [1.54, 1.807) is 18.2 Å². The van der Waals surface area contributed by atoms with Crippen LogP contribution in [0.3, 0.4) is 0 Å². The molecule has 0 fully saturated rings. The molecule has 0 bridgehead atoms. The first-order valence-corrected chi connectivity index (χ1v) is 14.6. The molecule has 1 atom stereocenters. The van der Waals surface area contributed by atoms with Crippen LogP contribution in [0.1, 0.15) is 45.6 Å². The smallest absolute Gasteiger partial charge is 0.243 e. The molecule has 0 unspecified atom stereocenters. The molecule has 0 saturated heterocycles. The van der Waals surface area contributed by atoms with Crippen molar-refractivity contribution in [1.82, 2.24) is 10.2 Å². The van der Waals surface area contributed by atoms with Crippen LogP contribution in [0.4, 0.5) is 5.69 Å². The molecule has 198 valence electrons. The number of halogens is 3. The van der Waals surface area contributed by atoms with Crippen molar-refractivity contribution >= 4 is 62.3 Å². The Morgan fingerprint density at radius 3 is 2.17 bits per heavy atom. The highest BCUT2D eigenvalue weighted by atomic mass is 35.5. The molecule has 7 nitrogen and oxygen atoms in total. The summed E-state index contributed by atoms with van der Waals surface area (Å²) in [7, 11) is -3.69. The molecule has 1 N–H and O–H groups in total. The van der Waals surface area contributed by atoms with Crippen LogP contribution in [-0.2, 0) is 26.2 Å². The van der Waals surface area contributed by atoms with Crippen molar-refractivity contribution in [3.63, 3.8) is 0 Å². The van der Waals surface area contributed by atoms with Gasteiger partial charge in [0.1, 0.15) is 6.04 Å². The van der Waals surface area contributed by atoms with Gasteiger partial charge in [0.05, 0.1) is 17.0 Å². The highest BCUT2D eigenvalue weighted by Gasteiger charge is 2.29. The maximum absolute atomic E-state index is 13.4. The minimum absolute atomic E-state index is 0.0222. The van der Waals surface area contributed by atoms with Gasteiger partial charge in [-0.25, -0.2) is 8.42 Å². The van der Waals surface area contributed by atoms with E-state index in [0.29, 0.717) is 16.5 Å². The predicted molar refractivity (Wildman–Crippen MR) is 147 cm³/mol. The molecule has 0 spiro atoms. The van der Waals surface area contributed by atoms with E-state index in [0.717, 1.165) is 16.1 Å². The summed E-state index contributed by atoms with van der Waals surface area (Å²) in [6.45, 7) is 5.80. The zero-order valence-corrected chi connectivity index (χ0v) is 23.9. The van der Waals surface area contributed by atoms with E-state index >= 15 is 0 Å². The fourth-order valence-electron chi connectivity index (χ4n) is 3.75. The quantitative estimate of drug-likeness (QED) is 0.360. The molecule has 0 heterocycles. The second kappa shape index (κ2) is 13.5. The van der Waals surface area contributed by atoms with Crippen molar-refractivity contribution in [1.29, 1.82) is 0 Å². The van der Waals surface area contributed by atoms with Crippen molar-refractivity contribution in [3.05, 3.63) is 63.1 Å². The van der Waals surface area contributed by atoms with Crippen LogP contribution >= 0.6 is 34.8 Å². The first-order valence-electron chi connectivity index (χ1n) is 11.6. The maximum Gasteiger partial charge on any atom is 0.243 e. The highest BCUT2D eigenvalue weighted by Crippen LogP contribution is 2.31. The number of carbonyl (C=O) groups is 2. The van der Waals surface area contributed by atoms with Gasteiger partial charge in [-0.05, 0) is 62.6 Å². The first kappa shape index (κ1) is 30.2. The second-order valence-corrected chi connectivity index (χ2v) is 12.0. The number of amides is 2. The molecular formula is C25H32Cl3N3O4S. The number of carbonyl (C=O) groups excluding carboxylic acids is 2. The van der Waals surface area contributed by atoms with E-state index in [4.69, 9.17) is 34.8 Å². The number of hydrogen-bond acceptors (Lipinski definition) is 4. The van der Waals surface area contributed by atoms with Crippen molar-refractivity contribution in [2.24, 2.45) is 0 Å². The fraction of sp³-hybridized carbons (Fsp3) is 0.440. The number of anilines is 1. The van der Waals surface area contributed by atoms with Gasteiger partial charge in [-0.15, -0.1) is 0 Å². The summed E-state index contributed by atoms with van der Waals surface area (Å²) in [5.41, 5.74) is 1.08. The van der Waals surface area contributed by atoms with Gasteiger partial charge in [-0.1, -0.05) is 53.9 Å². The molecule has 36 heavy (non-hydrogen) atoms. The van der Waals surface area contributed by atoms with Crippen LogP contribution in [0.25, 0.3) is 0 Å². The number of rotatable bonds is 12. The van der Waals surface area contributed by atoms with Crippen molar-refractivity contribution in [2.45, 2.75) is 58.7 Å². The van der Waals surface area contributed by atoms with Crippen LogP contribution in [0.15, 0.2) is 42.5 Å². The number of hydrogen-bond donors (Lipinski definition) is 1. The molecule has 0 aliphatic rings. The van der Waals surface area contributed by atoms with Gasteiger partial charge < -0.3 is 10.2 Å². The van der Waals surface area contributed by atoms with Crippen molar-refractivity contribution in [3.8, 4) is 0 Å². The molecule has 2 aromatic carbocycles. The van der Waals surface area contributed by atoms with Crippen LogP contribution in [0, 0.1) is 0 Å². The zero-order valence-electron chi connectivity index (χ0n) is 20.8. The second-order valence-electron chi connectivity index (χ2n) is 8.77. The molecule has 2 rings (SSSR count). The predicted octanol–water partition coefficient (Wildman–Crippen LogP) is 5.53. The monoisotopic (exact) mass is 575 g/mol. The van der Waals surface area contributed by atoms with Crippen molar-refractivity contribution < 1.29 is 18.0 Å². The third-order valence-electron chi connectivity index (χ3n) is 5.41. The topological polar surface area (TPSA) is 86.8 Å². The van der Waals surface area contributed by atoms with Gasteiger partial charge in [0.25, 0.3) is 0 Å². The summed E-state index contributed by atoms with van der Waals surface area (Å²) in [6, 6.07) is 10.9. The Kier molecular flexibility index (Phi) is 11.3. The Labute approximate surface area is 228 Å². The van der Waals surface area contributed by atoms with Crippen LogP contribution in [-0.4, -0.2) is 50.0 Å². The SMILES string of the molecule is CC[C@H](C(=O)NC(C)C)N(Cc1ccc(Cl)cc1)C(=O)CCCN(c1cc(Cl)ccc1Cl)S(C)(=O)=O.